The second-order valence-corrected chi connectivity index (χ2v) is 8.25. The molecule has 1 unspecified atom stereocenters. The maximum atomic E-state index is 14.0. The minimum Gasteiger partial charge on any atom is -0.477 e. The first-order valence-electron chi connectivity index (χ1n) is 10.4. The Balaban J connectivity index is 1.44. The first-order chi connectivity index (χ1) is 16.0. The number of pyridine rings is 2. The van der Waals surface area contributed by atoms with Crippen molar-refractivity contribution in [2.45, 2.75) is 13.0 Å². The van der Waals surface area contributed by atoms with E-state index in [1.54, 1.807) is 41.2 Å². The molecule has 1 aliphatic rings. The molecule has 1 N–H and O–H groups in total. The van der Waals surface area contributed by atoms with Crippen molar-refractivity contribution in [3.8, 4) is 11.6 Å². The summed E-state index contributed by atoms with van der Waals surface area (Å²) < 4.78 is 22.8. The monoisotopic (exact) mass is 467 g/mol. The zero-order valence-electron chi connectivity index (χ0n) is 17.4. The largest absolute Gasteiger partial charge is 0.477 e. The number of carbonyl (C=O) groups is 1. The van der Waals surface area contributed by atoms with E-state index in [1.165, 1.54) is 23.0 Å². The van der Waals surface area contributed by atoms with E-state index in [-0.39, 0.29) is 34.8 Å². The van der Waals surface area contributed by atoms with Crippen molar-refractivity contribution in [3.63, 3.8) is 0 Å². The molecule has 4 aromatic rings. The van der Waals surface area contributed by atoms with Crippen LogP contribution in [0.25, 0.3) is 16.6 Å². The Labute approximate surface area is 192 Å². The summed E-state index contributed by atoms with van der Waals surface area (Å²) >= 11 is 6.34. The first-order valence-corrected chi connectivity index (χ1v) is 10.7. The predicted octanol–water partition coefficient (Wildman–Crippen LogP) is 2.94. The molecule has 1 aromatic carbocycles. The lowest BCUT2D eigenvalue weighted by Crippen LogP contribution is -2.19. The van der Waals surface area contributed by atoms with Gasteiger partial charge in [-0.05, 0) is 12.1 Å². The summed E-state index contributed by atoms with van der Waals surface area (Å²) in [5.41, 5.74) is 1.15. The molecule has 1 atom stereocenters. The summed E-state index contributed by atoms with van der Waals surface area (Å²) in [6.45, 7) is 1.09. The predicted molar refractivity (Wildman–Crippen MR) is 120 cm³/mol. The summed E-state index contributed by atoms with van der Waals surface area (Å²) in [5.74, 6) is 0.0425. The average molecular weight is 468 g/mol. The Morgan fingerprint density at radius 2 is 2.06 bits per heavy atom. The van der Waals surface area contributed by atoms with Crippen LogP contribution in [0.2, 0.25) is 5.02 Å². The summed E-state index contributed by atoms with van der Waals surface area (Å²) in [7, 11) is 0. The number of carbonyl (C=O) groups excluding carboxylic acids is 1. The highest BCUT2D eigenvalue weighted by molar-refractivity contribution is 6.32. The van der Waals surface area contributed by atoms with Crippen LogP contribution in [0.15, 0.2) is 59.8 Å². The Kier molecular flexibility index (Phi) is 5.55. The molecule has 5 rings (SSSR count). The van der Waals surface area contributed by atoms with E-state index >= 15 is 0 Å². The number of aromatic nitrogens is 4. The van der Waals surface area contributed by atoms with Gasteiger partial charge in [-0.2, -0.15) is 5.10 Å². The van der Waals surface area contributed by atoms with Gasteiger partial charge in [0.1, 0.15) is 5.82 Å². The number of fused-ring (bicyclic) bond motifs is 1. The highest BCUT2D eigenvalue weighted by Crippen LogP contribution is 2.24. The Morgan fingerprint density at radius 1 is 1.21 bits per heavy atom. The number of nitrogens with one attached hydrogen (secondary N) is 1. The highest BCUT2D eigenvalue weighted by atomic mass is 35.5. The fourth-order valence-corrected chi connectivity index (χ4v) is 4.04. The third-order valence-electron chi connectivity index (χ3n) is 5.59. The lowest BCUT2D eigenvalue weighted by molar-refractivity contribution is -0.119. The first kappa shape index (κ1) is 21.1. The van der Waals surface area contributed by atoms with Gasteiger partial charge < -0.3 is 10.1 Å². The van der Waals surface area contributed by atoms with E-state index in [9.17, 15) is 14.0 Å². The second-order valence-electron chi connectivity index (χ2n) is 7.84. The maximum absolute atomic E-state index is 14.0. The standard InChI is InChI=1S/C23H19ClFN5O3/c24-17-11-27-22(33-13-14-7-21(31)26-9-14)8-20(17)29-6-5-19-16(23(29)32)10-28-30(19)12-15-3-1-2-4-18(15)25/h1-6,8,10-11,14H,7,9,12-13H2,(H,26,31). The Bertz CT molecular complexity index is 1420. The van der Waals surface area contributed by atoms with Crippen molar-refractivity contribution >= 4 is 28.4 Å². The van der Waals surface area contributed by atoms with E-state index in [0.29, 0.717) is 47.6 Å². The third-order valence-corrected chi connectivity index (χ3v) is 5.88. The summed E-state index contributed by atoms with van der Waals surface area (Å²) in [6, 6.07) is 9.77. The van der Waals surface area contributed by atoms with Gasteiger partial charge in [0.2, 0.25) is 11.8 Å². The SMILES string of the molecule is O=C1CC(COc2cc(-n3ccc4c(cnn4Cc4ccccc4F)c3=O)c(Cl)cn2)CN1. The van der Waals surface area contributed by atoms with Gasteiger partial charge in [-0.15, -0.1) is 0 Å². The molecule has 1 aliphatic heterocycles. The molecule has 8 nitrogen and oxygen atoms in total. The fourth-order valence-electron chi connectivity index (χ4n) is 3.84. The Morgan fingerprint density at radius 3 is 2.85 bits per heavy atom. The summed E-state index contributed by atoms with van der Waals surface area (Å²) in [6.07, 6.45) is 4.89. The van der Waals surface area contributed by atoms with Crippen LogP contribution in [0, 0.1) is 11.7 Å². The van der Waals surface area contributed by atoms with E-state index in [4.69, 9.17) is 16.3 Å². The van der Waals surface area contributed by atoms with Crippen LogP contribution >= 0.6 is 11.6 Å². The molecule has 1 fully saturated rings. The number of hydrogen-bond donors (Lipinski definition) is 1. The minimum absolute atomic E-state index is 0.00348. The van der Waals surface area contributed by atoms with Crippen molar-refractivity contribution in [1.29, 1.82) is 0 Å². The van der Waals surface area contributed by atoms with Crippen molar-refractivity contribution in [2.75, 3.05) is 13.2 Å². The van der Waals surface area contributed by atoms with Crippen LogP contribution < -0.4 is 15.6 Å². The smallest absolute Gasteiger partial charge is 0.266 e. The molecule has 33 heavy (non-hydrogen) atoms. The molecule has 168 valence electrons. The van der Waals surface area contributed by atoms with Crippen LogP contribution in [0.4, 0.5) is 4.39 Å². The van der Waals surface area contributed by atoms with Gasteiger partial charge in [-0.25, -0.2) is 9.37 Å². The zero-order chi connectivity index (χ0) is 22.9. The van der Waals surface area contributed by atoms with Crippen LogP contribution in [0.3, 0.4) is 0 Å². The molecular formula is C23H19ClFN5O3. The molecule has 3 aromatic heterocycles. The van der Waals surface area contributed by atoms with E-state index in [0.717, 1.165) is 0 Å². The number of hydrogen-bond acceptors (Lipinski definition) is 5. The van der Waals surface area contributed by atoms with E-state index in [2.05, 4.69) is 15.4 Å². The zero-order valence-corrected chi connectivity index (χ0v) is 18.1. The van der Waals surface area contributed by atoms with Gasteiger partial charge in [0.15, 0.2) is 0 Å². The van der Waals surface area contributed by atoms with Gasteiger partial charge in [0.25, 0.3) is 5.56 Å². The molecule has 1 saturated heterocycles. The minimum atomic E-state index is -0.330. The van der Waals surface area contributed by atoms with Crippen LogP contribution in [-0.2, 0) is 11.3 Å². The number of amides is 1. The molecule has 4 heterocycles. The molecule has 0 aliphatic carbocycles. The van der Waals surface area contributed by atoms with Gasteiger partial charge >= 0.3 is 0 Å². The number of benzene rings is 1. The van der Waals surface area contributed by atoms with Crippen molar-refractivity contribution in [3.05, 3.63) is 81.7 Å². The number of nitrogens with zero attached hydrogens (tertiary/aromatic N) is 4. The van der Waals surface area contributed by atoms with Gasteiger partial charge in [-0.1, -0.05) is 29.8 Å². The number of halogens is 2. The lowest BCUT2D eigenvalue weighted by atomic mass is 10.1. The fraction of sp³-hybridized carbons (Fsp3) is 0.217. The molecule has 0 bridgehead atoms. The van der Waals surface area contributed by atoms with Crippen molar-refractivity contribution < 1.29 is 13.9 Å². The summed E-state index contributed by atoms with van der Waals surface area (Å²) in [5, 5.41) is 7.70. The third kappa shape index (κ3) is 4.19. The molecular weight excluding hydrogens is 449 g/mol. The van der Waals surface area contributed by atoms with Crippen LogP contribution in [0.1, 0.15) is 12.0 Å². The molecule has 0 spiro atoms. The molecule has 0 radical (unpaired) electrons. The lowest BCUT2D eigenvalue weighted by Gasteiger charge is -2.13. The van der Waals surface area contributed by atoms with Crippen molar-refractivity contribution in [1.82, 2.24) is 24.6 Å². The number of rotatable bonds is 6. The number of ether oxygens (including phenoxy) is 1. The maximum Gasteiger partial charge on any atom is 0.266 e. The normalized spacial score (nSPS) is 15.7. The van der Waals surface area contributed by atoms with E-state index < -0.39 is 0 Å². The summed E-state index contributed by atoms with van der Waals surface area (Å²) in [4.78, 5) is 28.7. The van der Waals surface area contributed by atoms with Crippen LogP contribution in [0.5, 0.6) is 5.88 Å². The second kappa shape index (κ2) is 8.67. The quantitative estimate of drug-likeness (QED) is 0.471. The highest BCUT2D eigenvalue weighted by Gasteiger charge is 2.22. The van der Waals surface area contributed by atoms with Gasteiger partial charge in [-0.3, -0.25) is 18.8 Å². The molecule has 1 amide bonds. The molecule has 0 saturated carbocycles. The molecule has 10 heteroatoms. The van der Waals surface area contributed by atoms with Gasteiger partial charge in [0, 0.05) is 36.7 Å². The van der Waals surface area contributed by atoms with E-state index in [1.807, 2.05) is 0 Å². The topological polar surface area (TPSA) is 91.0 Å². The van der Waals surface area contributed by atoms with Gasteiger partial charge in [0.05, 0.1) is 47.2 Å². The Hall–Kier alpha value is -3.72. The van der Waals surface area contributed by atoms with Crippen LogP contribution in [-0.4, -0.2) is 38.4 Å². The van der Waals surface area contributed by atoms with Crippen molar-refractivity contribution in [2.24, 2.45) is 5.92 Å². The average Bonchev–Trinajstić information content (AvgIpc) is 3.42.